The van der Waals surface area contributed by atoms with Crippen LogP contribution in [0, 0.1) is 12.8 Å². The minimum Gasteiger partial charge on any atom is -0.445 e. The SMILES string of the molecule is Cc1nc2ccccc2n1C1CC2CCC(C1)N2CC[C@@H](NC(=O)C1CN(C(=O)OCc2ccccc2)C1)c1ccccc1. The van der Waals surface area contributed by atoms with Gasteiger partial charge in [0.1, 0.15) is 12.4 Å². The zero-order valence-corrected chi connectivity index (χ0v) is 25.3. The highest BCUT2D eigenvalue weighted by molar-refractivity contribution is 5.83. The van der Waals surface area contributed by atoms with E-state index in [-0.39, 0.29) is 30.6 Å². The van der Waals surface area contributed by atoms with Crippen molar-refractivity contribution in [3.8, 4) is 0 Å². The predicted octanol–water partition coefficient (Wildman–Crippen LogP) is 6.03. The fraction of sp³-hybridized carbons (Fsp3) is 0.417. The van der Waals surface area contributed by atoms with Gasteiger partial charge in [0.15, 0.2) is 0 Å². The molecule has 2 bridgehead atoms. The number of fused-ring (bicyclic) bond motifs is 3. The van der Waals surface area contributed by atoms with Gasteiger partial charge in [-0.3, -0.25) is 9.69 Å². The first kappa shape index (κ1) is 28.6. The maximum atomic E-state index is 13.3. The number of amides is 2. The van der Waals surface area contributed by atoms with Crippen LogP contribution >= 0.6 is 0 Å². The van der Waals surface area contributed by atoms with Crippen LogP contribution in [0.3, 0.4) is 0 Å². The Balaban J connectivity index is 0.952. The van der Waals surface area contributed by atoms with E-state index in [0.29, 0.717) is 31.2 Å². The van der Waals surface area contributed by atoms with E-state index in [1.54, 1.807) is 4.90 Å². The Morgan fingerprint density at radius 1 is 0.886 bits per heavy atom. The first-order chi connectivity index (χ1) is 21.5. The number of aromatic nitrogens is 2. The number of likely N-dealkylation sites (tertiary alicyclic amines) is 1. The van der Waals surface area contributed by atoms with Crippen LogP contribution in [-0.4, -0.2) is 63.1 Å². The fourth-order valence-corrected chi connectivity index (χ4v) is 7.63. The number of carbonyl (C=O) groups is 2. The molecule has 228 valence electrons. The predicted molar refractivity (Wildman–Crippen MR) is 170 cm³/mol. The van der Waals surface area contributed by atoms with Crippen LogP contribution in [0.15, 0.2) is 84.9 Å². The number of nitrogens with one attached hydrogen (secondary N) is 1. The lowest BCUT2D eigenvalue weighted by atomic mass is 9.94. The molecule has 2 unspecified atom stereocenters. The number of aryl methyl sites for hydroxylation is 1. The standard InChI is InChI=1S/C36H41N5O3/c1-25-37-33-14-8-9-15-34(33)41(25)31-20-29-16-17-30(21-31)40(29)19-18-32(27-12-6-3-7-13-27)38-35(42)28-22-39(23-28)36(43)44-24-26-10-4-2-5-11-26/h2-15,28-32H,16-24H2,1H3,(H,38,42)/t29?,30?,31?,32-/m1/s1. The second kappa shape index (κ2) is 12.4. The average molecular weight is 592 g/mol. The van der Waals surface area contributed by atoms with Gasteiger partial charge in [-0.05, 0) is 62.3 Å². The molecule has 0 spiro atoms. The van der Waals surface area contributed by atoms with Crippen molar-refractivity contribution in [2.45, 2.75) is 69.8 Å². The molecule has 3 atom stereocenters. The van der Waals surface area contributed by atoms with E-state index in [9.17, 15) is 9.59 Å². The number of hydrogen-bond acceptors (Lipinski definition) is 5. The van der Waals surface area contributed by atoms with Gasteiger partial charge in [0.05, 0.1) is 23.0 Å². The summed E-state index contributed by atoms with van der Waals surface area (Å²) in [4.78, 5) is 35.0. The highest BCUT2D eigenvalue weighted by Crippen LogP contribution is 2.42. The second-order valence-electron chi connectivity index (χ2n) is 12.7. The van der Waals surface area contributed by atoms with Gasteiger partial charge in [0.25, 0.3) is 0 Å². The molecule has 4 aromatic rings. The summed E-state index contributed by atoms with van der Waals surface area (Å²) in [5.41, 5.74) is 4.40. The molecule has 4 heterocycles. The summed E-state index contributed by atoms with van der Waals surface area (Å²) in [7, 11) is 0. The average Bonchev–Trinajstić information content (AvgIpc) is 3.48. The smallest absolute Gasteiger partial charge is 0.410 e. The van der Waals surface area contributed by atoms with Gasteiger partial charge in [-0.2, -0.15) is 0 Å². The number of imidazole rings is 1. The van der Waals surface area contributed by atoms with Crippen LogP contribution in [-0.2, 0) is 16.1 Å². The zero-order chi connectivity index (χ0) is 30.0. The monoisotopic (exact) mass is 591 g/mol. The third kappa shape index (κ3) is 5.83. The molecule has 7 rings (SSSR count). The summed E-state index contributed by atoms with van der Waals surface area (Å²) in [5, 5.41) is 3.34. The highest BCUT2D eigenvalue weighted by atomic mass is 16.6. The number of piperidine rings is 1. The first-order valence-electron chi connectivity index (χ1n) is 16.0. The molecule has 3 aliphatic heterocycles. The quantitative estimate of drug-likeness (QED) is 0.257. The lowest BCUT2D eigenvalue weighted by Crippen LogP contribution is -2.56. The van der Waals surface area contributed by atoms with Crippen molar-refractivity contribution in [2.24, 2.45) is 5.92 Å². The fourth-order valence-electron chi connectivity index (χ4n) is 7.63. The Bertz CT molecular complexity index is 1590. The summed E-state index contributed by atoms with van der Waals surface area (Å²) >= 11 is 0. The number of hydrogen-bond donors (Lipinski definition) is 1. The molecule has 0 saturated carbocycles. The van der Waals surface area contributed by atoms with E-state index in [1.807, 2.05) is 48.5 Å². The summed E-state index contributed by atoms with van der Waals surface area (Å²) < 4.78 is 7.92. The summed E-state index contributed by atoms with van der Waals surface area (Å²) in [6, 6.07) is 29.9. The van der Waals surface area contributed by atoms with Crippen LogP contribution < -0.4 is 5.32 Å². The van der Waals surface area contributed by atoms with Crippen molar-refractivity contribution in [2.75, 3.05) is 19.6 Å². The third-order valence-electron chi connectivity index (χ3n) is 9.91. The molecule has 1 N–H and O–H groups in total. The molecule has 3 fully saturated rings. The Morgan fingerprint density at radius 2 is 1.55 bits per heavy atom. The molecule has 3 aliphatic rings. The molecular weight excluding hydrogens is 550 g/mol. The number of carbonyl (C=O) groups excluding carboxylic acids is 2. The van der Waals surface area contributed by atoms with Crippen LogP contribution in [0.25, 0.3) is 11.0 Å². The Labute approximate surface area is 259 Å². The highest BCUT2D eigenvalue weighted by Gasteiger charge is 2.42. The Hall–Kier alpha value is -4.17. The van der Waals surface area contributed by atoms with Crippen LogP contribution in [0.2, 0.25) is 0 Å². The molecule has 8 nitrogen and oxygen atoms in total. The molecule has 0 radical (unpaired) electrons. The Morgan fingerprint density at radius 3 is 2.27 bits per heavy atom. The molecule has 3 aromatic carbocycles. The van der Waals surface area contributed by atoms with Gasteiger partial charge in [0, 0.05) is 37.8 Å². The van der Waals surface area contributed by atoms with Gasteiger partial charge >= 0.3 is 6.09 Å². The molecule has 1 aromatic heterocycles. The maximum Gasteiger partial charge on any atom is 0.410 e. The van der Waals surface area contributed by atoms with E-state index in [1.165, 1.54) is 18.4 Å². The molecule has 0 aliphatic carbocycles. The normalized spacial score (nSPS) is 22.5. The lowest BCUT2D eigenvalue weighted by molar-refractivity contribution is -0.130. The number of benzene rings is 3. The first-order valence-corrected chi connectivity index (χ1v) is 16.0. The number of rotatable bonds is 9. The summed E-state index contributed by atoms with van der Waals surface area (Å²) in [5.74, 6) is 0.899. The van der Waals surface area contributed by atoms with Crippen molar-refractivity contribution in [3.63, 3.8) is 0 Å². The van der Waals surface area contributed by atoms with Crippen LogP contribution in [0.1, 0.15) is 61.1 Å². The van der Waals surface area contributed by atoms with Crippen molar-refractivity contribution >= 4 is 23.0 Å². The summed E-state index contributed by atoms with van der Waals surface area (Å²) in [6.45, 7) is 4.10. The third-order valence-corrected chi connectivity index (χ3v) is 9.91. The number of ether oxygens (including phenoxy) is 1. The topological polar surface area (TPSA) is 79.7 Å². The zero-order valence-electron chi connectivity index (χ0n) is 25.3. The van der Waals surface area contributed by atoms with E-state index in [0.717, 1.165) is 48.3 Å². The van der Waals surface area contributed by atoms with Crippen molar-refractivity contribution in [1.82, 2.24) is 24.7 Å². The van der Waals surface area contributed by atoms with Gasteiger partial charge in [-0.15, -0.1) is 0 Å². The second-order valence-corrected chi connectivity index (χ2v) is 12.7. The van der Waals surface area contributed by atoms with Gasteiger partial charge in [-0.1, -0.05) is 72.8 Å². The van der Waals surface area contributed by atoms with Gasteiger partial charge < -0.3 is 19.5 Å². The van der Waals surface area contributed by atoms with Gasteiger partial charge in [0.2, 0.25) is 5.91 Å². The van der Waals surface area contributed by atoms with E-state index in [4.69, 9.17) is 9.72 Å². The molecule has 3 saturated heterocycles. The van der Waals surface area contributed by atoms with E-state index in [2.05, 4.69) is 58.1 Å². The van der Waals surface area contributed by atoms with E-state index >= 15 is 0 Å². The molecule has 2 amide bonds. The van der Waals surface area contributed by atoms with Crippen molar-refractivity contribution < 1.29 is 14.3 Å². The van der Waals surface area contributed by atoms with Crippen LogP contribution in [0.4, 0.5) is 4.79 Å². The number of nitrogens with zero attached hydrogens (tertiary/aromatic N) is 4. The Kier molecular flexibility index (Phi) is 8.09. The van der Waals surface area contributed by atoms with Crippen molar-refractivity contribution in [3.05, 3.63) is 102 Å². The van der Waals surface area contributed by atoms with E-state index < -0.39 is 0 Å². The minimum atomic E-state index is -0.365. The lowest BCUT2D eigenvalue weighted by Gasteiger charge is -2.41. The molecule has 44 heavy (non-hydrogen) atoms. The summed E-state index contributed by atoms with van der Waals surface area (Å²) in [6.07, 6.45) is 5.23. The molecular formula is C36H41N5O3. The molecule has 8 heteroatoms. The minimum absolute atomic E-state index is 0.00936. The number of para-hydroxylation sites is 2. The van der Waals surface area contributed by atoms with Crippen LogP contribution in [0.5, 0.6) is 0 Å². The largest absolute Gasteiger partial charge is 0.445 e. The van der Waals surface area contributed by atoms with Crippen molar-refractivity contribution in [1.29, 1.82) is 0 Å². The van der Waals surface area contributed by atoms with Gasteiger partial charge in [-0.25, -0.2) is 9.78 Å². The maximum absolute atomic E-state index is 13.3.